The third kappa shape index (κ3) is 9.42. The fourth-order valence-electron chi connectivity index (χ4n) is 6.70. The summed E-state index contributed by atoms with van der Waals surface area (Å²) in [5, 5.41) is 0.704. The fraction of sp³-hybridized carbons (Fsp3) is 0.568. The minimum atomic E-state index is -1.83. The fourth-order valence-corrected chi connectivity index (χ4v) is 7.84. The molecule has 5 unspecified atom stereocenters. The number of carbonyl (C=O) groups excluding carboxylic acids is 2. The van der Waals surface area contributed by atoms with Crippen LogP contribution in [0.15, 0.2) is 53.4 Å². The van der Waals surface area contributed by atoms with Gasteiger partial charge >= 0.3 is 0 Å². The molecule has 1 fully saturated rings. The van der Waals surface area contributed by atoms with Gasteiger partial charge in [0.15, 0.2) is 11.0 Å². The number of nitrogens with one attached hydrogen (secondary N) is 1. The Morgan fingerprint density at radius 1 is 1.14 bits per heavy atom. The zero-order valence-corrected chi connectivity index (χ0v) is 30.5. The molecule has 12 heteroatoms. The van der Waals surface area contributed by atoms with Crippen LogP contribution in [-0.2, 0) is 36.5 Å². The molecule has 9 nitrogen and oxygen atoms in total. The average molecular weight is 718 g/mol. The number of alkyl halides is 1. The number of rotatable bonds is 7. The molecule has 2 aromatic rings. The molecule has 0 radical (unpaired) electrons. The molecule has 0 aromatic heterocycles. The molecule has 0 saturated carbocycles. The molecule has 3 heterocycles. The highest BCUT2D eigenvalue weighted by atomic mass is 35.5. The molecule has 2 aromatic carbocycles. The predicted molar refractivity (Wildman–Crippen MR) is 190 cm³/mol. The highest BCUT2D eigenvalue weighted by molar-refractivity contribution is 7.83. The molecule has 268 valence electrons. The minimum absolute atomic E-state index is 0.0235. The van der Waals surface area contributed by atoms with E-state index in [-0.39, 0.29) is 37.5 Å². The molecule has 0 spiro atoms. The molecular formula is C37H49ClFN3O6S. The van der Waals surface area contributed by atoms with E-state index in [0.29, 0.717) is 48.3 Å². The Morgan fingerprint density at radius 2 is 1.96 bits per heavy atom. The summed E-state index contributed by atoms with van der Waals surface area (Å²) >= 11 is 6.42. The van der Waals surface area contributed by atoms with Gasteiger partial charge in [-0.2, -0.15) is 0 Å². The Labute approximate surface area is 297 Å². The van der Waals surface area contributed by atoms with E-state index >= 15 is 0 Å². The van der Waals surface area contributed by atoms with Crippen molar-refractivity contribution in [2.75, 3.05) is 50.9 Å². The second-order valence-corrected chi connectivity index (χ2v) is 15.2. The van der Waals surface area contributed by atoms with E-state index in [1.54, 1.807) is 26.0 Å². The van der Waals surface area contributed by atoms with Crippen molar-refractivity contribution in [3.8, 4) is 5.75 Å². The van der Waals surface area contributed by atoms with Crippen molar-refractivity contribution in [1.29, 1.82) is 0 Å². The van der Waals surface area contributed by atoms with Crippen LogP contribution in [0.4, 0.5) is 10.1 Å². The van der Waals surface area contributed by atoms with Crippen molar-refractivity contribution in [1.82, 2.24) is 9.62 Å². The normalized spacial score (nSPS) is 26.8. The standard InChI is InChI=1S/C37H49ClFN3O6S/c1-5-8-26-19-28(38)10-12-31(26)27-21-41-16-14-25(6-2)33(47-24-35(43)42-17-15-29(39)22-42)9-7-18-48-37(3,4)36(44)40-49(45)30-11-13-34(46-23-27)32(41)20-30/h7,9-13,19-20,25,27,29,33H,5-6,8,14-18,21-24H2,1-4H3,(H,40,44)/b9-7+. The minimum Gasteiger partial charge on any atom is -0.491 e. The number of halogens is 2. The van der Waals surface area contributed by atoms with Crippen LogP contribution in [0.2, 0.25) is 5.02 Å². The number of hydrogen-bond donors (Lipinski definition) is 1. The van der Waals surface area contributed by atoms with Gasteiger partial charge < -0.3 is 24.0 Å². The zero-order valence-electron chi connectivity index (χ0n) is 28.9. The number of fused-ring (bicyclic) bond motifs is 1. The van der Waals surface area contributed by atoms with Gasteiger partial charge in [0.1, 0.15) is 24.1 Å². The molecule has 1 N–H and O–H groups in total. The lowest BCUT2D eigenvalue weighted by molar-refractivity contribution is -0.139. The van der Waals surface area contributed by atoms with Crippen molar-refractivity contribution in [2.24, 2.45) is 5.92 Å². The molecular weight excluding hydrogens is 669 g/mol. The maximum absolute atomic E-state index is 13.8. The van der Waals surface area contributed by atoms with E-state index < -0.39 is 34.8 Å². The Kier molecular flexibility index (Phi) is 12.8. The van der Waals surface area contributed by atoms with Crippen LogP contribution in [-0.4, -0.2) is 84.8 Å². The summed E-state index contributed by atoms with van der Waals surface area (Å²) in [6, 6.07) is 11.4. The van der Waals surface area contributed by atoms with Gasteiger partial charge in [-0.05, 0) is 80.5 Å². The quantitative estimate of drug-likeness (QED) is 0.343. The van der Waals surface area contributed by atoms with Gasteiger partial charge in [-0.3, -0.25) is 14.3 Å². The number of anilines is 1. The molecule has 2 amide bonds. The lowest BCUT2D eigenvalue weighted by Gasteiger charge is -2.31. The van der Waals surface area contributed by atoms with Gasteiger partial charge in [0.05, 0.1) is 36.4 Å². The molecule has 3 aliphatic heterocycles. The van der Waals surface area contributed by atoms with Gasteiger partial charge in [0, 0.05) is 30.6 Å². The first-order valence-electron chi connectivity index (χ1n) is 17.4. The van der Waals surface area contributed by atoms with Crippen LogP contribution >= 0.6 is 11.6 Å². The largest absolute Gasteiger partial charge is 0.491 e. The molecule has 3 aliphatic rings. The lowest BCUT2D eigenvalue weighted by Crippen LogP contribution is -2.45. The number of amides is 2. The summed E-state index contributed by atoms with van der Waals surface area (Å²) in [5.74, 6) is -0.00341. The van der Waals surface area contributed by atoms with Crippen LogP contribution in [0, 0.1) is 5.92 Å². The van der Waals surface area contributed by atoms with Crippen LogP contribution in [0.1, 0.15) is 70.4 Å². The average Bonchev–Trinajstić information content (AvgIpc) is 3.43. The number of ether oxygens (including phenoxy) is 3. The molecule has 0 aliphatic carbocycles. The van der Waals surface area contributed by atoms with Gasteiger partial charge in [0.2, 0.25) is 5.91 Å². The second-order valence-electron chi connectivity index (χ2n) is 13.6. The monoisotopic (exact) mass is 717 g/mol. The van der Waals surface area contributed by atoms with Crippen LogP contribution < -0.4 is 14.4 Å². The zero-order chi connectivity index (χ0) is 35.1. The Morgan fingerprint density at radius 3 is 2.69 bits per heavy atom. The molecule has 49 heavy (non-hydrogen) atoms. The van der Waals surface area contributed by atoms with Crippen molar-refractivity contribution >= 4 is 40.1 Å². The number of benzene rings is 2. The van der Waals surface area contributed by atoms with Gasteiger partial charge in [-0.25, -0.2) is 8.60 Å². The first-order valence-corrected chi connectivity index (χ1v) is 18.9. The van der Waals surface area contributed by atoms with E-state index in [1.807, 2.05) is 30.3 Å². The van der Waals surface area contributed by atoms with Crippen LogP contribution in [0.25, 0.3) is 0 Å². The number of likely N-dealkylation sites (tertiary alicyclic amines) is 1. The Balaban J connectivity index is 1.47. The topological polar surface area (TPSA) is 97.4 Å². The van der Waals surface area contributed by atoms with Crippen LogP contribution in [0.5, 0.6) is 5.75 Å². The summed E-state index contributed by atoms with van der Waals surface area (Å²) in [5.41, 5.74) is 1.92. The highest BCUT2D eigenvalue weighted by Gasteiger charge is 2.33. The van der Waals surface area contributed by atoms with Crippen molar-refractivity contribution in [3.05, 3.63) is 64.7 Å². The lowest BCUT2D eigenvalue weighted by atomic mass is 9.91. The van der Waals surface area contributed by atoms with E-state index in [2.05, 4.69) is 29.5 Å². The highest BCUT2D eigenvalue weighted by Crippen LogP contribution is 2.38. The summed E-state index contributed by atoms with van der Waals surface area (Å²) in [6.45, 7) is 9.68. The van der Waals surface area contributed by atoms with Gasteiger partial charge in [-0.1, -0.05) is 56.5 Å². The van der Waals surface area contributed by atoms with Crippen LogP contribution in [0.3, 0.4) is 0 Å². The predicted octanol–water partition coefficient (Wildman–Crippen LogP) is 6.15. The van der Waals surface area contributed by atoms with Crippen molar-refractivity contribution < 1.29 is 32.4 Å². The third-order valence-electron chi connectivity index (χ3n) is 9.67. The first-order chi connectivity index (χ1) is 23.5. The summed E-state index contributed by atoms with van der Waals surface area (Å²) < 4.78 is 48.5. The molecule has 2 bridgehead atoms. The number of carbonyl (C=O) groups is 2. The number of hydrogen-bond acceptors (Lipinski definition) is 7. The summed E-state index contributed by atoms with van der Waals surface area (Å²) in [4.78, 5) is 30.4. The van der Waals surface area contributed by atoms with E-state index in [1.165, 1.54) is 16.0 Å². The summed E-state index contributed by atoms with van der Waals surface area (Å²) in [7, 11) is -1.83. The summed E-state index contributed by atoms with van der Waals surface area (Å²) in [6.07, 6.45) is 6.00. The Bertz CT molecular complexity index is 1540. The van der Waals surface area contributed by atoms with E-state index in [0.717, 1.165) is 31.4 Å². The van der Waals surface area contributed by atoms with E-state index in [9.17, 15) is 18.2 Å². The molecule has 1 saturated heterocycles. The van der Waals surface area contributed by atoms with Crippen molar-refractivity contribution in [2.45, 2.75) is 88.5 Å². The smallest absolute Gasteiger partial charge is 0.263 e. The maximum Gasteiger partial charge on any atom is 0.263 e. The second kappa shape index (κ2) is 16.8. The van der Waals surface area contributed by atoms with Gasteiger partial charge in [-0.15, -0.1) is 0 Å². The first kappa shape index (κ1) is 37.3. The Hall–Kier alpha value is -2.99. The number of nitrogens with zero attached hydrogens (tertiary/aromatic N) is 2. The van der Waals surface area contributed by atoms with E-state index in [4.69, 9.17) is 25.8 Å². The molecule has 5 atom stereocenters. The molecule has 5 rings (SSSR count). The van der Waals surface area contributed by atoms with Crippen molar-refractivity contribution in [3.63, 3.8) is 0 Å². The maximum atomic E-state index is 13.8. The third-order valence-corrected chi connectivity index (χ3v) is 11.0. The van der Waals surface area contributed by atoms with Gasteiger partial charge in [0.25, 0.3) is 5.91 Å². The SMILES string of the molecule is CCCc1cc(Cl)ccc1C1COc2ccc3cc2N(CCC(CC)C(OCC(=O)N2CCC(F)C2)/C=C/COC(C)(C)C(=O)NS3=O)C1. The number of aryl methyl sites for hydroxylation is 1.